The molecule has 94 valence electrons. The third-order valence-electron chi connectivity index (χ3n) is 2.63. The zero-order valence-electron chi connectivity index (χ0n) is 10.4. The van der Waals surface area contributed by atoms with Gasteiger partial charge in [0, 0.05) is 24.2 Å². The minimum absolute atomic E-state index is 0.00587. The molecule has 5 heteroatoms. The lowest BCUT2D eigenvalue weighted by Crippen LogP contribution is -2.14. The van der Waals surface area contributed by atoms with Crippen molar-refractivity contribution >= 4 is 22.4 Å². The fraction of sp³-hybridized carbons (Fsp3) is 0.308. The van der Waals surface area contributed by atoms with E-state index in [4.69, 9.17) is 0 Å². The van der Waals surface area contributed by atoms with Crippen molar-refractivity contribution in [2.45, 2.75) is 26.2 Å². The summed E-state index contributed by atoms with van der Waals surface area (Å²) in [6.07, 6.45) is 3.94. The van der Waals surface area contributed by atoms with Crippen molar-refractivity contribution in [1.29, 1.82) is 0 Å². The second-order valence-electron chi connectivity index (χ2n) is 4.23. The van der Waals surface area contributed by atoms with Crippen molar-refractivity contribution in [2.75, 3.05) is 5.32 Å². The highest BCUT2D eigenvalue weighted by atomic mass is 32.1. The summed E-state index contributed by atoms with van der Waals surface area (Å²) in [4.78, 5) is 20.0. The number of pyridine rings is 1. The Balaban J connectivity index is 1.92. The highest BCUT2D eigenvalue weighted by molar-refractivity contribution is 7.13. The molecule has 0 saturated heterocycles. The molecule has 1 N–H and O–H groups in total. The Morgan fingerprint density at radius 1 is 1.44 bits per heavy atom. The van der Waals surface area contributed by atoms with Crippen LogP contribution in [0.15, 0.2) is 29.9 Å². The highest BCUT2D eigenvalue weighted by Crippen LogP contribution is 2.20. The number of nitrogens with zero attached hydrogens (tertiary/aromatic N) is 2. The van der Waals surface area contributed by atoms with Crippen LogP contribution in [0.3, 0.4) is 0 Å². The first-order valence-corrected chi connectivity index (χ1v) is 6.65. The van der Waals surface area contributed by atoms with Gasteiger partial charge in [-0.2, -0.15) is 0 Å². The summed E-state index contributed by atoms with van der Waals surface area (Å²) in [5, 5.41) is 5.40. The average molecular weight is 261 g/mol. The molecule has 2 heterocycles. The normalized spacial score (nSPS) is 12.1. The van der Waals surface area contributed by atoms with Gasteiger partial charge < -0.3 is 5.32 Å². The van der Waals surface area contributed by atoms with Crippen molar-refractivity contribution in [3.05, 3.63) is 41.2 Å². The average Bonchev–Trinajstić information content (AvgIpc) is 2.75. The quantitative estimate of drug-likeness (QED) is 0.920. The van der Waals surface area contributed by atoms with Crippen LogP contribution in [0.1, 0.15) is 30.5 Å². The predicted octanol–water partition coefficient (Wildman–Crippen LogP) is 2.98. The first kappa shape index (κ1) is 12.7. The van der Waals surface area contributed by atoms with Gasteiger partial charge in [-0.15, -0.1) is 11.3 Å². The van der Waals surface area contributed by atoms with Crippen LogP contribution >= 0.6 is 11.3 Å². The van der Waals surface area contributed by atoms with Crippen LogP contribution in [0, 0.1) is 6.92 Å². The lowest BCUT2D eigenvalue weighted by Gasteiger charge is -2.10. The first-order chi connectivity index (χ1) is 8.65. The maximum Gasteiger partial charge on any atom is 0.226 e. The van der Waals surface area contributed by atoms with E-state index in [2.05, 4.69) is 15.3 Å². The van der Waals surface area contributed by atoms with E-state index in [1.807, 2.05) is 31.4 Å². The summed E-state index contributed by atoms with van der Waals surface area (Å²) < 4.78 is 0. The fourth-order valence-electron chi connectivity index (χ4n) is 1.67. The lowest BCUT2D eigenvalue weighted by atomic mass is 9.99. The van der Waals surface area contributed by atoms with Crippen molar-refractivity contribution < 1.29 is 4.79 Å². The molecular formula is C13H15N3OS. The summed E-state index contributed by atoms with van der Waals surface area (Å²) in [7, 11) is 0. The molecular weight excluding hydrogens is 246 g/mol. The van der Waals surface area contributed by atoms with E-state index >= 15 is 0 Å². The van der Waals surface area contributed by atoms with Crippen LogP contribution in [0.25, 0.3) is 0 Å². The monoisotopic (exact) mass is 261 g/mol. The Labute approximate surface area is 110 Å². The minimum atomic E-state index is -0.00587. The van der Waals surface area contributed by atoms with E-state index in [0.29, 0.717) is 11.6 Å². The van der Waals surface area contributed by atoms with Gasteiger partial charge in [-0.25, -0.2) is 4.98 Å². The molecule has 0 radical (unpaired) electrons. The van der Waals surface area contributed by atoms with Gasteiger partial charge in [0.25, 0.3) is 0 Å². The third-order valence-corrected chi connectivity index (χ3v) is 3.51. The molecule has 0 saturated carbocycles. The minimum Gasteiger partial charge on any atom is -0.302 e. The Hall–Kier alpha value is -1.75. The number of carbonyl (C=O) groups excluding carboxylic acids is 1. The molecule has 1 amide bonds. The summed E-state index contributed by atoms with van der Waals surface area (Å²) in [5.74, 6) is 0.169. The van der Waals surface area contributed by atoms with E-state index in [-0.39, 0.29) is 11.8 Å². The molecule has 2 rings (SSSR count). The van der Waals surface area contributed by atoms with E-state index in [0.717, 1.165) is 11.3 Å². The number of thiazole rings is 1. The number of carbonyl (C=O) groups is 1. The molecule has 4 nitrogen and oxygen atoms in total. The summed E-state index contributed by atoms with van der Waals surface area (Å²) in [5.41, 5.74) is 2.05. The zero-order valence-corrected chi connectivity index (χ0v) is 11.2. The molecule has 0 fully saturated rings. The van der Waals surface area contributed by atoms with Crippen LogP contribution in [0.4, 0.5) is 5.13 Å². The summed E-state index contributed by atoms with van der Waals surface area (Å²) in [6, 6.07) is 3.87. The van der Waals surface area contributed by atoms with Gasteiger partial charge in [0.1, 0.15) is 0 Å². The van der Waals surface area contributed by atoms with Crippen molar-refractivity contribution in [3.8, 4) is 0 Å². The number of hydrogen-bond donors (Lipinski definition) is 1. The number of rotatable bonds is 4. The standard InChI is InChI=1S/C13H15N3OS/c1-9(11-3-5-14-6-4-11)7-12(17)16-13-15-10(2)8-18-13/h3-6,8-9H,7H2,1-2H3,(H,15,16,17)/t9-/m0/s1. The van der Waals surface area contributed by atoms with Crippen molar-refractivity contribution in [2.24, 2.45) is 0 Å². The van der Waals surface area contributed by atoms with E-state index in [1.54, 1.807) is 12.4 Å². The second kappa shape index (κ2) is 5.73. The van der Waals surface area contributed by atoms with Crippen LogP contribution in [-0.2, 0) is 4.79 Å². The molecule has 0 unspecified atom stereocenters. The number of nitrogens with one attached hydrogen (secondary N) is 1. The smallest absolute Gasteiger partial charge is 0.226 e. The molecule has 0 bridgehead atoms. The van der Waals surface area contributed by atoms with Gasteiger partial charge in [0.2, 0.25) is 5.91 Å². The van der Waals surface area contributed by atoms with Gasteiger partial charge in [-0.3, -0.25) is 9.78 Å². The Bertz CT molecular complexity index is 524. The lowest BCUT2D eigenvalue weighted by molar-refractivity contribution is -0.116. The van der Waals surface area contributed by atoms with Crippen LogP contribution in [0.2, 0.25) is 0 Å². The van der Waals surface area contributed by atoms with E-state index < -0.39 is 0 Å². The summed E-state index contributed by atoms with van der Waals surface area (Å²) >= 11 is 1.45. The molecule has 0 spiro atoms. The summed E-state index contributed by atoms with van der Waals surface area (Å²) in [6.45, 7) is 3.94. The molecule has 0 aliphatic heterocycles. The van der Waals surface area contributed by atoms with Crippen LogP contribution in [0.5, 0.6) is 0 Å². The van der Waals surface area contributed by atoms with Crippen LogP contribution < -0.4 is 5.32 Å². The van der Waals surface area contributed by atoms with Gasteiger partial charge in [-0.1, -0.05) is 6.92 Å². The number of anilines is 1. The molecule has 18 heavy (non-hydrogen) atoms. The second-order valence-corrected chi connectivity index (χ2v) is 5.09. The van der Waals surface area contributed by atoms with Gasteiger partial charge >= 0.3 is 0 Å². The Kier molecular flexibility index (Phi) is 4.04. The van der Waals surface area contributed by atoms with Crippen molar-refractivity contribution in [3.63, 3.8) is 0 Å². The molecule has 0 aromatic carbocycles. The number of aryl methyl sites for hydroxylation is 1. The molecule has 1 atom stereocenters. The topological polar surface area (TPSA) is 54.9 Å². The SMILES string of the molecule is Cc1csc(NC(=O)C[C@H](C)c2ccncc2)n1. The Morgan fingerprint density at radius 2 is 2.17 bits per heavy atom. The fourth-order valence-corrected chi connectivity index (χ4v) is 2.37. The predicted molar refractivity (Wildman–Crippen MR) is 72.7 cm³/mol. The molecule has 2 aromatic heterocycles. The zero-order chi connectivity index (χ0) is 13.0. The van der Waals surface area contributed by atoms with Gasteiger partial charge in [0.05, 0.1) is 5.69 Å². The van der Waals surface area contributed by atoms with E-state index in [9.17, 15) is 4.79 Å². The van der Waals surface area contributed by atoms with Gasteiger partial charge in [0.15, 0.2) is 5.13 Å². The number of amides is 1. The highest BCUT2D eigenvalue weighted by Gasteiger charge is 2.12. The van der Waals surface area contributed by atoms with E-state index in [1.165, 1.54) is 11.3 Å². The molecule has 0 aliphatic rings. The third kappa shape index (κ3) is 3.37. The Morgan fingerprint density at radius 3 is 2.78 bits per heavy atom. The van der Waals surface area contributed by atoms with Gasteiger partial charge in [-0.05, 0) is 30.5 Å². The largest absolute Gasteiger partial charge is 0.302 e. The van der Waals surface area contributed by atoms with Crippen molar-refractivity contribution in [1.82, 2.24) is 9.97 Å². The number of aromatic nitrogens is 2. The number of hydrogen-bond acceptors (Lipinski definition) is 4. The maximum atomic E-state index is 11.8. The molecule has 2 aromatic rings. The van der Waals surface area contributed by atoms with Crippen LogP contribution in [-0.4, -0.2) is 15.9 Å². The first-order valence-electron chi connectivity index (χ1n) is 5.77. The maximum absolute atomic E-state index is 11.8. The molecule has 0 aliphatic carbocycles.